The van der Waals surface area contributed by atoms with Gasteiger partial charge in [0.15, 0.2) is 11.6 Å². The first-order valence-electron chi connectivity index (χ1n) is 4.87. The highest BCUT2D eigenvalue weighted by Gasteiger charge is 2.20. The van der Waals surface area contributed by atoms with E-state index in [4.69, 9.17) is 4.42 Å². The summed E-state index contributed by atoms with van der Waals surface area (Å²) >= 11 is 0. The van der Waals surface area contributed by atoms with Gasteiger partial charge in [0.1, 0.15) is 17.7 Å². The highest BCUT2D eigenvalue weighted by Crippen LogP contribution is 2.28. The van der Waals surface area contributed by atoms with Crippen LogP contribution >= 0.6 is 0 Å². The summed E-state index contributed by atoms with van der Waals surface area (Å²) in [6, 6.07) is 2.49. The third-order valence-corrected chi connectivity index (χ3v) is 2.53. The van der Waals surface area contributed by atoms with E-state index in [1.54, 1.807) is 6.92 Å². The van der Waals surface area contributed by atoms with Crippen molar-refractivity contribution in [3.8, 4) is 0 Å². The fourth-order valence-electron chi connectivity index (χ4n) is 1.59. The topological polar surface area (TPSA) is 33.4 Å². The van der Waals surface area contributed by atoms with Crippen molar-refractivity contribution in [1.82, 2.24) is 0 Å². The van der Waals surface area contributed by atoms with Crippen LogP contribution in [0.5, 0.6) is 0 Å². The summed E-state index contributed by atoms with van der Waals surface area (Å²) < 4.78 is 44.1. The minimum atomic E-state index is -1.39. The highest BCUT2D eigenvalue weighted by molar-refractivity contribution is 5.32. The first-order valence-corrected chi connectivity index (χ1v) is 4.87. The fourth-order valence-corrected chi connectivity index (χ4v) is 1.59. The van der Waals surface area contributed by atoms with Gasteiger partial charge in [-0.3, -0.25) is 0 Å². The summed E-state index contributed by atoms with van der Waals surface area (Å²) in [5, 5.41) is 9.87. The molecule has 0 aliphatic rings. The third-order valence-electron chi connectivity index (χ3n) is 2.53. The molecule has 90 valence electrons. The molecule has 0 aliphatic heterocycles. The normalized spacial score (nSPS) is 12.8. The Morgan fingerprint density at radius 3 is 2.29 bits per heavy atom. The lowest BCUT2D eigenvalue weighted by Crippen LogP contribution is -2.04. The van der Waals surface area contributed by atoms with Gasteiger partial charge in [0.05, 0.1) is 6.26 Å². The second kappa shape index (κ2) is 4.25. The van der Waals surface area contributed by atoms with Gasteiger partial charge in [-0.2, -0.15) is 0 Å². The van der Waals surface area contributed by atoms with E-state index in [-0.39, 0.29) is 5.56 Å². The minimum absolute atomic E-state index is 0.315. The largest absolute Gasteiger partial charge is 0.469 e. The van der Waals surface area contributed by atoms with Crippen LogP contribution in [-0.2, 0) is 0 Å². The van der Waals surface area contributed by atoms with E-state index in [1.165, 1.54) is 12.3 Å². The molecule has 2 nitrogen and oxygen atoms in total. The Balaban J connectivity index is 2.48. The van der Waals surface area contributed by atoms with Crippen molar-refractivity contribution < 1.29 is 22.7 Å². The lowest BCUT2D eigenvalue weighted by molar-refractivity contribution is 0.211. The lowest BCUT2D eigenvalue weighted by atomic mass is 10.0. The molecule has 0 bridgehead atoms. The van der Waals surface area contributed by atoms with Gasteiger partial charge in [-0.05, 0) is 19.1 Å². The number of aryl methyl sites for hydroxylation is 1. The quantitative estimate of drug-likeness (QED) is 0.821. The predicted molar refractivity (Wildman–Crippen MR) is 53.8 cm³/mol. The van der Waals surface area contributed by atoms with Gasteiger partial charge in [-0.25, -0.2) is 13.2 Å². The zero-order valence-corrected chi connectivity index (χ0v) is 8.88. The van der Waals surface area contributed by atoms with Crippen molar-refractivity contribution in [2.45, 2.75) is 13.0 Å². The average molecular weight is 242 g/mol. The Bertz CT molecular complexity index is 549. The molecule has 17 heavy (non-hydrogen) atoms. The van der Waals surface area contributed by atoms with Crippen molar-refractivity contribution in [3.05, 3.63) is 58.8 Å². The van der Waals surface area contributed by atoms with Crippen molar-refractivity contribution in [2.75, 3.05) is 0 Å². The zero-order valence-electron chi connectivity index (χ0n) is 8.88. The van der Waals surface area contributed by atoms with Crippen molar-refractivity contribution >= 4 is 0 Å². The number of benzene rings is 1. The maximum absolute atomic E-state index is 13.4. The van der Waals surface area contributed by atoms with E-state index >= 15 is 0 Å². The molecule has 0 saturated heterocycles. The zero-order chi connectivity index (χ0) is 12.6. The first kappa shape index (κ1) is 11.7. The molecular weight excluding hydrogens is 233 g/mol. The molecule has 1 aromatic heterocycles. The molecule has 1 heterocycles. The van der Waals surface area contributed by atoms with Crippen LogP contribution in [0.15, 0.2) is 28.9 Å². The monoisotopic (exact) mass is 242 g/mol. The van der Waals surface area contributed by atoms with Gasteiger partial charge >= 0.3 is 0 Å². The van der Waals surface area contributed by atoms with Gasteiger partial charge < -0.3 is 9.52 Å². The molecule has 0 saturated carbocycles. The fraction of sp³-hybridized carbons (Fsp3) is 0.167. The number of rotatable bonds is 2. The van der Waals surface area contributed by atoms with E-state index in [9.17, 15) is 18.3 Å². The van der Waals surface area contributed by atoms with Crippen LogP contribution in [0.1, 0.15) is 23.0 Å². The number of aliphatic hydroxyl groups excluding tert-OH is 1. The van der Waals surface area contributed by atoms with Crippen molar-refractivity contribution in [3.63, 3.8) is 0 Å². The third kappa shape index (κ3) is 2.06. The number of hydrogen-bond donors (Lipinski definition) is 1. The number of aliphatic hydroxyl groups is 1. The molecule has 0 fully saturated rings. The summed E-state index contributed by atoms with van der Waals surface area (Å²) in [5.41, 5.74) is -0.0108. The van der Waals surface area contributed by atoms with Crippen molar-refractivity contribution in [1.29, 1.82) is 0 Å². The molecule has 1 atom stereocenters. The lowest BCUT2D eigenvalue weighted by Gasteiger charge is -2.11. The van der Waals surface area contributed by atoms with E-state index in [0.29, 0.717) is 23.5 Å². The van der Waals surface area contributed by atoms with E-state index in [2.05, 4.69) is 0 Å². The molecule has 1 N–H and O–H groups in total. The van der Waals surface area contributed by atoms with Crippen LogP contribution in [0.4, 0.5) is 13.2 Å². The van der Waals surface area contributed by atoms with Crippen LogP contribution in [0, 0.1) is 24.4 Å². The van der Waals surface area contributed by atoms with Crippen LogP contribution in [-0.4, -0.2) is 5.11 Å². The first-order chi connectivity index (χ1) is 8.00. The van der Waals surface area contributed by atoms with Gasteiger partial charge in [-0.15, -0.1) is 0 Å². The second-order valence-electron chi connectivity index (χ2n) is 3.62. The van der Waals surface area contributed by atoms with E-state index < -0.39 is 23.6 Å². The Morgan fingerprint density at radius 2 is 1.71 bits per heavy atom. The second-order valence-corrected chi connectivity index (χ2v) is 3.62. The molecule has 2 aromatic rings. The summed E-state index contributed by atoms with van der Waals surface area (Å²) in [7, 11) is 0. The Labute approximate surface area is 95.3 Å². The molecule has 1 aromatic carbocycles. The summed E-state index contributed by atoms with van der Waals surface area (Å²) in [6.45, 7) is 1.58. The van der Waals surface area contributed by atoms with Gasteiger partial charge in [-0.1, -0.05) is 0 Å². The summed E-state index contributed by atoms with van der Waals surface area (Å²) in [5.74, 6) is -3.11. The summed E-state index contributed by atoms with van der Waals surface area (Å²) in [4.78, 5) is 0. The number of furan rings is 1. The molecule has 0 aliphatic carbocycles. The van der Waals surface area contributed by atoms with Crippen molar-refractivity contribution in [2.24, 2.45) is 0 Å². The number of hydrogen-bond acceptors (Lipinski definition) is 2. The van der Waals surface area contributed by atoms with Crippen LogP contribution in [0.25, 0.3) is 0 Å². The van der Waals surface area contributed by atoms with Crippen LogP contribution in [0.3, 0.4) is 0 Å². The van der Waals surface area contributed by atoms with Gasteiger partial charge in [0.2, 0.25) is 0 Å². The maximum atomic E-state index is 13.4. The SMILES string of the molecule is Cc1occc1C(O)c1cc(F)c(F)cc1F. The van der Waals surface area contributed by atoms with Gasteiger partial charge in [0, 0.05) is 17.2 Å². The molecule has 0 amide bonds. The summed E-state index contributed by atoms with van der Waals surface area (Å²) in [6.07, 6.45) is -0.0603. The number of halogens is 3. The molecule has 2 rings (SSSR count). The molecule has 1 unspecified atom stereocenters. The minimum Gasteiger partial charge on any atom is -0.469 e. The average Bonchev–Trinajstić information content (AvgIpc) is 2.69. The molecule has 0 spiro atoms. The van der Waals surface area contributed by atoms with Crippen LogP contribution < -0.4 is 0 Å². The van der Waals surface area contributed by atoms with Gasteiger partial charge in [0.25, 0.3) is 0 Å². The molecule has 0 radical (unpaired) electrons. The predicted octanol–water partition coefficient (Wildman–Crippen LogP) is 3.09. The Kier molecular flexibility index (Phi) is 2.93. The van der Waals surface area contributed by atoms with E-state index in [1.807, 2.05) is 0 Å². The van der Waals surface area contributed by atoms with Crippen LogP contribution in [0.2, 0.25) is 0 Å². The molecular formula is C12H9F3O2. The Morgan fingerprint density at radius 1 is 1.06 bits per heavy atom. The smallest absolute Gasteiger partial charge is 0.161 e. The van der Waals surface area contributed by atoms with E-state index in [0.717, 1.165) is 0 Å². The standard InChI is InChI=1S/C12H9F3O2/c1-6-7(2-3-17-6)12(16)8-4-10(14)11(15)5-9(8)13/h2-5,12,16H,1H3. The highest BCUT2D eigenvalue weighted by atomic mass is 19.2. The molecule has 5 heteroatoms. The maximum Gasteiger partial charge on any atom is 0.161 e. The Hall–Kier alpha value is -1.75.